The van der Waals surface area contributed by atoms with Crippen LogP contribution in [0.3, 0.4) is 0 Å². The third kappa shape index (κ3) is 3.85. The predicted molar refractivity (Wildman–Crippen MR) is 69.9 cm³/mol. The van der Waals surface area contributed by atoms with Crippen LogP contribution in [0.5, 0.6) is 0 Å². The highest BCUT2D eigenvalue weighted by molar-refractivity contribution is 5.45. The number of anilines is 2. The van der Waals surface area contributed by atoms with E-state index in [9.17, 15) is 5.11 Å². The number of aliphatic hydroxyl groups excluding tert-OH is 1. The van der Waals surface area contributed by atoms with Crippen LogP contribution in [0.15, 0.2) is 6.07 Å². The van der Waals surface area contributed by atoms with E-state index in [1.807, 2.05) is 27.7 Å². The molecular formula is C12H22N4O. The van der Waals surface area contributed by atoms with Crippen molar-refractivity contribution in [3.05, 3.63) is 11.9 Å². The van der Waals surface area contributed by atoms with E-state index in [0.717, 1.165) is 0 Å². The highest BCUT2D eigenvalue weighted by atomic mass is 16.3. The summed E-state index contributed by atoms with van der Waals surface area (Å²) in [5.41, 5.74) is 5.74. The van der Waals surface area contributed by atoms with Crippen molar-refractivity contribution < 1.29 is 5.11 Å². The molecule has 4 N–H and O–H groups in total. The van der Waals surface area contributed by atoms with Crippen molar-refractivity contribution in [1.82, 2.24) is 9.97 Å². The van der Waals surface area contributed by atoms with Crippen LogP contribution in [-0.2, 0) is 0 Å². The van der Waals surface area contributed by atoms with Gasteiger partial charge in [-0.25, -0.2) is 9.97 Å². The molecule has 0 unspecified atom stereocenters. The van der Waals surface area contributed by atoms with Crippen molar-refractivity contribution in [2.75, 3.05) is 17.7 Å². The van der Waals surface area contributed by atoms with Gasteiger partial charge in [-0.2, -0.15) is 0 Å². The minimum absolute atomic E-state index is 0.0238. The zero-order valence-corrected chi connectivity index (χ0v) is 10.9. The molecule has 1 heterocycles. The van der Waals surface area contributed by atoms with Crippen LogP contribution in [0.4, 0.5) is 11.6 Å². The molecule has 0 saturated carbocycles. The molecule has 1 atom stereocenters. The Morgan fingerprint density at radius 3 is 2.41 bits per heavy atom. The van der Waals surface area contributed by atoms with Gasteiger partial charge in [0.1, 0.15) is 17.5 Å². The number of hydrogen-bond donors (Lipinski definition) is 3. The number of aliphatic hydroxyl groups is 1. The van der Waals surface area contributed by atoms with Gasteiger partial charge in [0, 0.05) is 12.0 Å². The molecule has 0 aliphatic heterocycles. The minimum Gasteiger partial charge on any atom is -0.394 e. The van der Waals surface area contributed by atoms with Crippen LogP contribution >= 0.6 is 0 Å². The first-order chi connectivity index (χ1) is 7.93. The van der Waals surface area contributed by atoms with Crippen LogP contribution in [0.2, 0.25) is 0 Å². The van der Waals surface area contributed by atoms with Gasteiger partial charge in [-0.15, -0.1) is 0 Å². The SMILES string of the molecule is CC(C)c1nc(N)cc(N[C@H](CO)C(C)C)n1. The van der Waals surface area contributed by atoms with E-state index < -0.39 is 0 Å². The summed E-state index contributed by atoms with van der Waals surface area (Å²) in [4.78, 5) is 8.57. The number of hydrogen-bond acceptors (Lipinski definition) is 5. The maximum atomic E-state index is 9.27. The van der Waals surface area contributed by atoms with Crippen LogP contribution in [0.25, 0.3) is 0 Å². The van der Waals surface area contributed by atoms with E-state index in [1.165, 1.54) is 0 Å². The second kappa shape index (κ2) is 5.82. The molecule has 0 aromatic carbocycles. The molecule has 0 spiro atoms. The molecule has 0 bridgehead atoms. The molecule has 1 aromatic rings. The van der Waals surface area contributed by atoms with Crippen LogP contribution in [0.1, 0.15) is 39.4 Å². The van der Waals surface area contributed by atoms with E-state index in [-0.39, 0.29) is 18.6 Å². The Balaban J connectivity index is 2.90. The zero-order chi connectivity index (χ0) is 13.0. The molecule has 1 aromatic heterocycles. The molecule has 0 fully saturated rings. The molecule has 5 heteroatoms. The summed E-state index contributed by atoms with van der Waals surface area (Å²) in [5, 5.41) is 12.5. The van der Waals surface area contributed by atoms with Gasteiger partial charge in [0.05, 0.1) is 12.6 Å². The number of nitrogens with two attached hydrogens (primary N) is 1. The van der Waals surface area contributed by atoms with E-state index in [1.54, 1.807) is 6.07 Å². The summed E-state index contributed by atoms with van der Waals surface area (Å²) in [7, 11) is 0. The average molecular weight is 238 g/mol. The Morgan fingerprint density at radius 2 is 1.94 bits per heavy atom. The third-order valence-electron chi connectivity index (χ3n) is 2.61. The van der Waals surface area contributed by atoms with E-state index >= 15 is 0 Å². The maximum Gasteiger partial charge on any atom is 0.135 e. The molecule has 5 nitrogen and oxygen atoms in total. The van der Waals surface area contributed by atoms with Gasteiger partial charge >= 0.3 is 0 Å². The van der Waals surface area contributed by atoms with Crippen molar-refractivity contribution in [2.45, 2.75) is 39.7 Å². The fourth-order valence-electron chi connectivity index (χ4n) is 1.43. The Kier molecular flexibility index (Phi) is 4.69. The lowest BCUT2D eigenvalue weighted by molar-refractivity contribution is 0.249. The first-order valence-electron chi connectivity index (χ1n) is 5.96. The van der Waals surface area contributed by atoms with E-state index in [2.05, 4.69) is 15.3 Å². The molecule has 1 rings (SSSR count). The van der Waals surface area contributed by atoms with E-state index in [4.69, 9.17) is 5.73 Å². The second-order valence-electron chi connectivity index (χ2n) is 4.87. The molecular weight excluding hydrogens is 216 g/mol. The fraction of sp³-hybridized carbons (Fsp3) is 0.667. The molecule has 96 valence electrons. The minimum atomic E-state index is -0.0238. The molecule has 0 amide bonds. The van der Waals surface area contributed by atoms with Gasteiger partial charge in [-0.05, 0) is 5.92 Å². The van der Waals surface area contributed by atoms with Gasteiger partial charge in [0.15, 0.2) is 0 Å². The van der Waals surface area contributed by atoms with Crippen LogP contribution in [0, 0.1) is 5.92 Å². The van der Waals surface area contributed by atoms with Crippen molar-refractivity contribution >= 4 is 11.6 Å². The highest BCUT2D eigenvalue weighted by Gasteiger charge is 2.14. The summed E-state index contributed by atoms with van der Waals surface area (Å²) < 4.78 is 0. The first-order valence-corrected chi connectivity index (χ1v) is 5.96. The summed E-state index contributed by atoms with van der Waals surface area (Å²) in [6, 6.07) is 1.67. The summed E-state index contributed by atoms with van der Waals surface area (Å²) in [5.74, 6) is 2.39. The number of aromatic nitrogens is 2. The summed E-state index contributed by atoms with van der Waals surface area (Å²) >= 11 is 0. The lowest BCUT2D eigenvalue weighted by Crippen LogP contribution is -2.30. The number of rotatable bonds is 5. The largest absolute Gasteiger partial charge is 0.394 e. The summed E-state index contributed by atoms with van der Waals surface area (Å²) in [6.07, 6.45) is 0. The highest BCUT2D eigenvalue weighted by Crippen LogP contribution is 2.17. The molecule has 0 aliphatic rings. The maximum absolute atomic E-state index is 9.27. The Bertz CT molecular complexity index is 366. The van der Waals surface area contributed by atoms with Crippen molar-refractivity contribution in [2.24, 2.45) is 5.92 Å². The Morgan fingerprint density at radius 1 is 1.29 bits per heavy atom. The average Bonchev–Trinajstić information content (AvgIpc) is 2.24. The van der Waals surface area contributed by atoms with Gasteiger partial charge in [0.25, 0.3) is 0 Å². The second-order valence-corrected chi connectivity index (χ2v) is 4.87. The van der Waals surface area contributed by atoms with Gasteiger partial charge in [-0.3, -0.25) is 0 Å². The van der Waals surface area contributed by atoms with E-state index in [0.29, 0.717) is 23.4 Å². The number of nitrogens with one attached hydrogen (secondary N) is 1. The first kappa shape index (κ1) is 13.7. The van der Waals surface area contributed by atoms with Gasteiger partial charge in [0.2, 0.25) is 0 Å². The standard InChI is InChI=1S/C12H22N4O/c1-7(2)9(6-17)14-11-5-10(13)15-12(16-11)8(3)4/h5,7-9,17H,6H2,1-4H3,(H3,13,14,15,16)/t9-/m1/s1. The smallest absolute Gasteiger partial charge is 0.135 e. The van der Waals surface area contributed by atoms with Gasteiger partial charge in [-0.1, -0.05) is 27.7 Å². The Hall–Kier alpha value is -1.36. The zero-order valence-electron chi connectivity index (χ0n) is 10.9. The molecule has 0 saturated heterocycles. The monoisotopic (exact) mass is 238 g/mol. The molecule has 0 aliphatic carbocycles. The number of nitrogens with zero attached hydrogens (tertiary/aromatic N) is 2. The Labute approximate surface area is 102 Å². The lowest BCUT2D eigenvalue weighted by atomic mass is 10.1. The third-order valence-corrected chi connectivity index (χ3v) is 2.61. The molecule has 17 heavy (non-hydrogen) atoms. The predicted octanol–water partition coefficient (Wildman–Crippen LogP) is 1.61. The summed E-state index contributed by atoms with van der Waals surface area (Å²) in [6.45, 7) is 8.19. The topological polar surface area (TPSA) is 84.1 Å². The van der Waals surface area contributed by atoms with Crippen molar-refractivity contribution in [1.29, 1.82) is 0 Å². The van der Waals surface area contributed by atoms with Crippen molar-refractivity contribution in [3.63, 3.8) is 0 Å². The van der Waals surface area contributed by atoms with Crippen LogP contribution in [-0.4, -0.2) is 27.7 Å². The van der Waals surface area contributed by atoms with Gasteiger partial charge < -0.3 is 16.2 Å². The van der Waals surface area contributed by atoms with Crippen molar-refractivity contribution in [3.8, 4) is 0 Å². The normalized spacial score (nSPS) is 13.1. The lowest BCUT2D eigenvalue weighted by Gasteiger charge is -2.21. The van der Waals surface area contributed by atoms with Crippen LogP contribution < -0.4 is 11.1 Å². The number of nitrogen functional groups attached to an aromatic ring is 1. The fourth-order valence-corrected chi connectivity index (χ4v) is 1.43. The molecule has 0 radical (unpaired) electrons. The quantitative estimate of drug-likeness (QED) is 0.725.